The molecule has 0 spiro atoms. The van der Waals surface area contributed by atoms with E-state index < -0.39 is 0 Å². The summed E-state index contributed by atoms with van der Waals surface area (Å²) in [5.41, 5.74) is 1.06. The highest BCUT2D eigenvalue weighted by atomic mass is 79.9. The Bertz CT molecular complexity index is 472. The zero-order chi connectivity index (χ0) is 11.5. The van der Waals surface area contributed by atoms with Crippen LogP contribution in [0.3, 0.4) is 0 Å². The highest BCUT2D eigenvalue weighted by molar-refractivity contribution is 9.10. The number of aromatic nitrogens is 3. The summed E-state index contributed by atoms with van der Waals surface area (Å²) < 4.78 is 0.860. The van der Waals surface area contributed by atoms with Crippen LogP contribution >= 0.6 is 27.5 Å². The predicted molar refractivity (Wildman–Crippen MR) is 67.6 cm³/mol. The molecule has 0 aliphatic carbocycles. The molecule has 2 N–H and O–H groups in total. The summed E-state index contributed by atoms with van der Waals surface area (Å²) in [4.78, 5) is 4.21. The molecule has 0 saturated carbocycles. The first-order chi connectivity index (χ1) is 7.66. The van der Waals surface area contributed by atoms with Crippen molar-refractivity contribution in [1.29, 1.82) is 0 Å². The van der Waals surface area contributed by atoms with Gasteiger partial charge >= 0.3 is 0 Å². The van der Waals surface area contributed by atoms with Gasteiger partial charge in [-0.15, -0.1) is 0 Å². The second kappa shape index (κ2) is 4.84. The summed E-state index contributed by atoms with van der Waals surface area (Å²) in [6.45, 7) is 2.02. The molecule has 0 aliphatic rings. The van der Waals surface area contributed by atoms with Crippen molar-refractivity contribution >= 4 is 33.3 Å². The Kier molecular flexibility index (Phi) is 3.46. The molecule has 6 heteroatoms. The molecule has 0 fully saturated rings. The van der Waals surface area contributed by atoms with Crippen molar-refractivity contribution in [2.75, 3.05) is 5.32 Å². The number of aromatic amines is 1. The maximum Gasteiger partial charge on any atom is 0.145 e. The first-order valence-electron chi connectivity index (χ1n) is 4.73. The second-order valence-corrected chi connectivity index (χ2v) is 4.70. The van der Waals surface area contributed by atoms with E-state index in [4.69, 9.17) is 11.6 Å². The van der Waals surface area contributed by atoms with Crippen molar-refractivity contribution in [3.8, 4) is 0 Å². The molecule has 0 amide bonds. The van der Waals surface area contributed by atoms with Crippen molar-refractivity contribution in [3.63, 3.8) is 0 Å². The number of H-pyrrole nitrogens is 1. The first-order valence-corrected chi connectivity index (χ1v) is 5.90. The third kappa shape index (κ3) is 2.54. The number of hydrogen-bond acceptors (Lipinski definition) is 3. The molecule has 0 radical (unpaired) electrons. The van der Waals surface area contributed by atoms with Crippen LogP contribution in [0.2, 0.25) is 5.02 Å². The van der Waals surface area contributed by atoms with Gasteiger partial charge in [-0.2, -0.15) is 5.10 Å². The third-order valence-electron chi connectivity index (χ3n) is 2.18. The monoisotopic (exact) mass is 300 g/mol. The molecule has 4 nitrogen and oxygen atoms in total. The Morgan fingerprint density at radius 1 is 1.50 bits per heavy atom. The maximum atomic E-state index is 6.06. The van der Waals surface area contributed by atoms with Crippen LogP contribution in [0.1, 0.15) is 18.5 Å². The molecule has 0 saturated heterocycles. The zero-order valence-corrected chi connectivity index (χ0v) is 10.9. The van der Waals surface area contributed by atoms with Crippen molar-refractivity contribution in [2.45, 2.75) is 13.0 Å². The van der Waals surface area contributed by atoms with Gasteiger partial charge in [0.15, 0.2) is 0 Å². The Hall–Kier alpha value is -1.07. The molecular weight excluding hydrogens is 291 g/mol. The minimum Gasteiger partial charge on any atom is -0.362 e. The summed E-state index contributed by atoms with van der Waals surface area (Å²) in [6.07, 6.45) is 5.31. The molecule has 0 aliphatic heterocycles. The fraction of sp³-hybridized carbons (Fsp3) is 0.200. The van der Waals surface area contributed by atoms with Gasteiger partial charge in [-0.1, -0.05) is 11.6 Å². The summed E-state index contributed by atoms with van der Waals surface area (Å²) in [5, 5.41) is 10.5. The van der Waals surface area contributed by atoms with E-state index in [1.165, 1.54) is 0 Å². The van der Waals surface area contributed by atoms with Gasteiger partial charge in [0, 0.05) is 22.4 Å². The number of halogens is 2. The molecule has 2 heterocycles. The van der Waals surface area contributed by atoms with Crippen LogP contribution in [-0.2, 0) is 0 Å². The van der Waals surface area contributed by atoms with Gasteiger partial charge in [0.25, 0.3) is 0 Å². The lowest BCUT2D eigenvalue weighted by Crippen LogP contribution is -2.07. The van der Waals surface area contributed by atoms with Crippen molar-refractivity contribution in [3.05, 3.63) is 39.7 Å². The van der Waals surface area contributed by atoms with E-state index >= 15 is 0 Å². The number of pyridine rings is 1. The lowest BCUT2D eigenvalue weighted by molar-refractivity contribution is 0.875. The average Bonchev–Trinajstić information content (AvgIpc) is 2.75. The van der Waals surface area contributed by atoms with Gasteiger partial charge in [-0.05, 0) is 28.9 Å². The van der Waals surface area contributed by atoms with Gasteiger partial charge in [0.05, 0.1) is 17.3 Å². The largest absolute Gasteiger partial charge is 0.362 e. The Morgan fingerprint density at radius 2 is 2.31 bits per heavy atom. The molecule has 84 valence electrons. The van der Waals surface area contributed by atoms with Crippen LogP contribution in [-0.4, -0.2) is 15.2 Å². The van der Waals surface area contributed by atoms with E-state index in [1.807, 2.05) is 13.1 Å². The van der Waals surface area contributed by atoms with Gasteiger partial charge < -0.3 is 5.32 Å². The topological polar surface area (TPSA) is 53.6 Å². The van der Waals surface area contributed by atoms with E-state index in [-0.39, 0.29) is 6.04 Å². The fourth-order valence-electron chi connectivity index (χ4n) is 1.31. The van der Waals surface area contributed by atoms with E-state index in [2.05, 4.69) is 36.4 Å². The van der Waals surface area contributed by atoms with Crippen LogP contribution in [0.4, 0.5) is 5.82 Å². The molecule has 1 unspecified atom stereocenters. The smallest absolute Gasteiger partial charge is 0.145 e. The minimum atomic E-state index is 0.102. The molecule has 16 heavy (non-hydrogen) atoms. The molecule has 2 rings (SSSR count). The van der Waals surface area contributed by atoms with Crippen molar-refractivity contribution < 1.29 is 0 Å². The lowest BCUT2D eigenvalue weighted by Gasteiger charge is -2.13. The third-order valence-corrected chi connectivity index (χ3v) is 2.90. The van der Waals surface area contributed by atoms with Crippen LogP contribution in [0.15, 0.2) is 29.1 Å². The Labute approximate surface area is 107 Å². The summed E-state index contributed by atoms with van der Waals surface area (Å²) >= 11 is 9.37. The number of nitrogens with one attached hydrogen (secondary N) is 2. The Balaban J connectivity index is 2.15. The first kappa shape index (κ1) is 11.4. The number of hydrogen-bond donors (Lipinski definition) is 2. The summed E-state index contributed by atoms with van der Waals surface area (Å²) in [6, 6.07) is 1.91. The van der Waals surface area contributed by atoms with Crippen LogP contribution in [0, 0.1) is 0 Å². The average molecular weight is 302 g/mol. The van der Waals surface area contributed by atoms with E-state index in [0.29, 0.717) is 10.8 Å². The number of rotatable bonds is 3. The zero-order valence-electron chi connectivity index (χ0n) is 8.54. The molecule has 1 atom stereocenters. The standard InChI is InChI=1S/C10H10BrClN4/c1-6(7-3-14-15-4-7)16-10-9(12)2-8(11)5-13-10/h2-6H,1H3,(H,13,16)(H,14,15). The highest BCUT2D eigenvalue weighted by Crippen LogP contribution is 2.26. The van der Waals surface area contributed by atoms with E-state index in [9.17, 15) is 0 Å². The van der Waals surface area contributed by atoms with Gasteiger partial charge in [-0.3, -0.25) is 5.10 Å². The van der Waals surface area contributed by atoms with Crippen LogP contribution < -0.4 is 5.32 Å². The fourth-order valence-corrected chi connectivity index (χ4v) is 1.99. The molecule has 2 aromatic rings. The number of anilines is 1. The second-order valence-electron chi connectivity index (χ2n) is 3.38. The summed E-state index contributed by atoms with van der Waals surface area (Å²) in [5.74, 6) is 0.665. The highest BCUT2D eigenvalue weighted by Gasteiger charge is 2.09. The molecule has 0 bridgehead atoms. The van der Waals surface area contributed by atoms with Crippen LogP contribution in [0.5, 0.6) is 0 Å². The van der Waals surface area contributed by atoms with Gasteiger partial charge in [0.1, 0.15) is 5.82 Å². The number of nitrogens with zero attached hydrogens (tertiary/aromatic N) is 2. The van der Waals surface area contributed by atoms with E-state index in [1.54, 1.807) is 18.5 Å². The minimum absolute atomic E-state index is 0.102. The quantitative estimate of drug-likeness (QED) is 0.913. The van der Waals surface area contributed by atoms with Crippen molar-refractivity contribution in [1.82, 2.24) is 15.2 Å². The molecule has 0 aromatic carbocycles. The van der Waals surface area contributed by atoms with Crippen LogP contribution in [0.25, 0.3) is 0 Å². The molecule has 2 aromatic heterocycles. The maximum absolute atomic E-state index is 6.06. The summed E-state index contributed by atoms with van der Waals surface area (Å²) in [7, 11) is 0. The van der Waals surface area contributed by atoms with E-state index in [0.717, 1.165) is 10.0 Å². The van der Waals surface area contributed by atoms with Crippen molar-refractivity contribution in [2.24, 2.45) is 0 Å². The van der Waals surface area contributed by atoms with Gasteiger partial charge in [0.2, 0.25) is 0 Å². The SMILES string of the molecule is CC(Nc1ncc(Br)cc1Cl)c1cn[nH]c1. The normalized spacial score (nSPS) is 12.4. The predicted octanol–water partition coefficient (Wildman–Crippen LogP) is 3.39. The lowest BCUT2D eigenvalue weighted by atomic mass is 10.2. The molecular formula is C10H10BrClN4. The van der Waals surface area contributed by atoms with Gasteiger partial charge in [-0.25, -0.2) is 4.98 Å². The Morgan fingerprint density at radius 3 is 2.94 bits per heavy atom.